The van der Waals surface area contributed by atoms with Crippen LogP contribution in [-0.4, -0.2) is 0 Å². The molecule has 1 aromatic carbocycles. The molecule has 2 unspecified atom stereocenters. The molecule has 13 heavy (non-hydrogen) atoms. The van der Waals surface area contributed by atoms with Gasteiger partial charge < -0.3 is 0 Å². The van der Waals surface area contributed by atoms with Gasteiger partial charge in [0, 0.05) is 0 Å². The van der Waals surface area contributed by atoms with Gasteiger partial charge in [-0.05, 0) is 29.1 Å². The van der Waals surface area contributed by atoms with Crippen LogP contribution in [0.5, 0.6) is 0 Å². The van der Waals surface area contributed by atoms with Crippen LogP contribution in [0.3, 0.4) is 0 Å². The maximum absolute atomic E-state index is 2.89. The van der Waals surface area contributed by atoms with Crippen LogP contribution in [0.25, 0.3) is 0 Å². The van der Waals surface area contributed by atoms with Crippen molar-refractivity contribution in [3.05, 3.63) is 35.4 Å². The molecular weight excluding hydrogens is 175 g/mol. The van der Waals surface area contributed by atoms with Crippen LogP contribution < -0.4 is 0 Å². The van der Waals surface area contributed by atoms with E-state index in [4.69, 9.17) is 0 Å². The SMILES string of the molecule is CCC(P)c1ccc(C(C)C)cc1. The maximum Gasteiger partial charge on any atom is -0.00172 e. The summed E-state index contributed by atoms with van der Waals surface area (Å²) in [5, 5.41) is 0. The molecule has 0 saturated carbocycles. The first-order chi connectivity index (χ1) is 6.15. The quantitative estimate of drug-likeness (QED) is 0.634. The van der Waals surface area contributed by atoms with E-state index in [2.05, 4.69) is 54.3 Å². The van der Waals surface area contributed by atoms with Gasteiger partial charge in [-0.25, -0.2) is 0 Å². The van der Waals surface area contributed by atoms with Crippen LogP contribution in [0.2, 0.25) is 0 Å². The lowest BCUT2D eigenvalue weighted by atomic mass is 10.0. The van der Waals surface area contributed by atoms with Crippen molar-refractivity contribution in [2.24, 2.45) is 0 Å². The summed E-state index contributed by atoms with van der Waals surface area (Å²) in [4.78, 5) is 0. The van der Waals surface area contributed by atoms with Crippen LogP contribution >= 0.6 is 9.24 Å². The van der Waals surface area contributed by atoms with Gasteiger partial charge in [0.1, 0.15) is 0 Å². The Morgan fingerprint density at radius 3 is 1.92 bits per heavy atom. The van der Waals surface area contributed by atoms with Gasteiger partial charge in [-0.15, -0.1) is 9.24 Å². The maximum atomic E-state index is 2.89. The zero-order chi connectivity index (χ0) is 9.84. The fraction of sp³-hybridized carbons (Fsp3) is 0.500. The number of rotatable bonds is 3. The van der Waals surface area contributed by atoms with Crippen molar-refractivity contribution in [3.8, 4) is 0 Å². The zero-order valence-electron chi connectivity index (χ0n) is 8.75. The summed E-state index contributed by atoms with van der Waals surface area (Å²) >= 11 is 0. The molecule has 1 rings (SSSR count). The molecule has 0 amide bonds. The predicted molar refractivity (Wildman–Crippen MR) is 63.3 cm³/mol. The van der Waals surface area contributed by atoms with Crippen molar-refractivity contribution in [1.82, 2.24) is 0 Å². The fourth-order valence-corrected chi connectivity index (χ4v) is 1.59. The third-order valence-corrected chi connectivity index (χ3v) is 3.33. The minimum Gasteiger partial charge on any atom is -0.130 e. The van der Waals surface area contributed by atoms with Crippen molar-refractivity contribution in [2.45, 2.75) is 38.8 Å². The molecule has 0 heterocycles. The number of hydrogen-bond donors (Lipinski definition) is 0. The molecule has 0 nitrogen and oxygen atoms in total. The van der Waals surface area contributed by atoms with Crippen molar-refractivity contribution in [3.63, 3.8) is 0 Å². The standard InChI is InChI=1S/C12H19P/c1-4-12(13)11-7-5-10(6-8-11)9(2)3/h5-9,12H,4,13H2,1-3H3. The van der Waals surface area contributed by atoms with E-state index in [1.54, 1.807) is 0 Å². The highest BCUT2D eigenvalue weighted by atomic mass is 31.0. The molecule has 0 fully saturated rings. The Balaban J connectivity index is 2.81. The van der Waals surface area contributed by atoms with Crippen LogP contribution in [0.4, 0.5) is 0 Å². The third-order valence-electron chi connectivity index (χ3n) is 2.47. The van der Waals surface area contributed by atoms with E-state index in [-0.39, 0.29) is 0 Å². The summed E-state index contributed by atoms with van der Waals surface area (Å²) in [6.07, 6.45) is 1.19. The molecule has 0 aliphatic carbocycles. The lowest BCUT2D eigenvalue weighted by molar-refractivity contribution is 0.857. The smallest absolute Gasteiger partial charge is 0.00172 e. The monoisotopic (exact) mass is 194 g/mol. The lowest BCUT2D eigenvalue weighted by Gasteiger charge is -2.10. The van der Waals surface area contributed by atoms with Crippen molar-refractivity contribution in [2.75, 3.05) is 0 Å². The average molecular weight is 194 g/mol. The van der Waals surface area contributed by atoms with Crippen LogP contribution in [0.1, 0.15) is 49.9 Å². The van der Waals surface area contributed by atoms with E-state index < -0.39 is 0 Å². The van der Waals surface area contributed by atoms with E-state index in [0.29, 0.717) is 11.6 Å². The molecule has 0 saturated heterocycles. The van der Waals surface area contributed by atoms with Gasteiger partial charge >= 0.3 is 0 Å². The van der Waals surface area contributed by atoms with Crippen LogP contribution in [-0.2, 0) is 0 Å². The number of hydrogen-bond acceptors (Lipinski definition) is 0. The minimum absolute atomic E-state index is 0.612. The Morgan fingerprint density at radius 1 is 1.08 bits per heavy atom. The second kappa shape index (κ2) is 4.77. The van der Waals surface area contributed by atoms with E-state index in [9.17, 15) is 0 Å². The molecule has 0 N–H and O–H groups in total. The molecule has 2 atom stereocenters. The summed E-state index contributed by atoms with van der Waals surface area (Å²) in [7, 11) is 2.89. The van der Waals surface area contributed by atoms with Gasteiger partial charge in [0.2, 0.25) is 0 Å². The normalized spacial score (nSPS) is 13.3. The highest BCUT2D eigenvalue weighted by Crippen LogP contribution is 2.27. The van der Waals surface area contributed by atoms with E-state index >= 15 is 0 Å². The predicted octanol–water partition coefficient (Wildman–Crippen LogP) is 4.14. The molecule has 1 aromatic rings. The molecule has 72 valence electrons. The summed E-state index contributed by atoms with van der Waals surface area (Å²) in [5.41, 5.74) is 3.47. The molecule has 0 aromatic heterocycles. The first-order valence-electron chi connectivity index (χ1n) is 5.00. The molecule has 0 spiro atoms. The lowest BCUT2D eigenvalue weighted by Crippen LogP contribution is -1.90. The summed E-state index contributed by atoms with van der Waals surface area (Å²) in [6.45, 7) is 6.67. The Bertz CT molecular complexity index is 248. The Hall–Kier alpha value is -0.350. The zero-order valence-corrected chi connectivity index (χ0v) is 9.90. The Morgan fingerprint density at radius 2 is 1.54 bits per heavy atom. The van der Waals surface area contributed by atoms with Gasteiger partial charge in [-0.3, -0.25) is 0 Å². The van der Waals surface area contributed by atoms with Crippen LogP contribution in [0.15, 0.2) is 24.3 Å². The van der Waals surface area contributed by atoms with E-state index in [1.807, 2.05) is 0 Å². The Labute approximate surface area is 84.0 Å². The molecular formula is C12H19P. The molecule has 0 aliphatic heterocycles. The Kier molecular flexibility index (Phi) is 3.93. The molecule has 1 heteroatoms. The van der Waals surface area contributed by atoms with E-state index in [1.165, 1.54) is 17.5 Å². The van der Waals surface area contributed by atoms with E-state index in [0.717, 1.165) is 0 Å². The van der Waals surface area contributed by atoms with Crippen LogP contribution in [0, 0.1) is 0 Å². The number of benzene rings is 1. The summed E-state index contributed by atoms with van der Waals surface area (Å²) in [5.74, 6) is 0.638. The second-order valence-electron chi connectivity index (χ2n) is 3.84. The molecule has 0 aliphatic rings. The fourth-order valence-electron chi connectivity index (χ4n) is 1.36. The highest BCUT2D eigenvalue weighted by Gasteiger charge is 2.03. The minimum atomic E-state index is 0.612. The first-order valence-corrected chi connectivity index (χ1v) is 5.67. The summed E-state index contributed by atoms with van der Waals surface area (Å²) < 4.78 is 0. The van der Waals surface area contributed by atoms with Crippen molar-refractivity contribution in [1.29, 1.82) is 0 Å². The topological polar surface area (TPSA) is 0 Å². The second-order valence-corrected chi connectivity index (χ2v) is 4.64. The highest BCUT2D eigenvalue weighted by molar-refractivity contribution is 7.17. The average Bonchev–Trinajstić information content (AvgIpc) is 2.17. The first kappa shape index (κ1) is 10.7. The van der Waals surface area contributed by atoms with Gasteiger partial charge in [0.25, 0.3) is 0 Å². The van der Waals surface area contributed by atoms with Gasteiger partial charge in [0.05, 0.1) is 0 Å². The molecule has 0 radical (unpaired) electrons. The van der Waals surface area contributed by atoms with Crippen molar-refractivity contribution < 1.29 is 0 Å². The summed E-state index contributed by atoms with van der Waals surface area (Å²) in [6, 6.07) is 8.98. The van der Waals surface area contributed by atoms with Gasteiger partial charge in [0.15, 0.2) is 0 Å². The largest absolute Gasteiger partial charge is 0.130 e. The van der Waals surface area contributed by atoms with Gasteiger partial charge in [-0.1, -0.05) is 45.0 Å². The molecule has 0 bridgehead atoms. The third kappa shape index (κ3) is 2.81. The van der Waals surface area contributed by atoms with Gasteiger partial charge in [-0.2, -0.15) is 0 Å². The van der Waals surface area contributed by atoms with Crippen molar-refractivity contribution >= 4 is 9.24 Å².